The van der Waals surface area contributed by atoms with E-state index in [9.17, 15) is 0 Å². The van der Waals surface area contributed by atoms with E-state index in [0.717, 1.165) is 61.0 Å². The molecule has 4 aromatic rings. The molecule has 2 aliphatic rings. The maximum atomic E-state index is 6.51. The van der Waals surface area contributed by atoms with Gasteiger partial charge >= 0.3 is 0 Å². The fraction of sp³-hybridized carbons (Fsp3) is 0.290. The third-order valence-electron chi connectivity index (χ3n) is 7.46. The van der Waals surface area contributed by atoms with Crippen LogP contribution in [0.2, 0.25) is 0 Å². The Morgan fingerprint density at radius 2 is 1.73 bits per heavy atom. The average Bonchev–Trinajstić information content (AvgIpc) is 3.49. The molecular weight excluding hydrogens is 518 g/mol. The minimum Gasteiger partial charge on any atom is -0.494 e. The molecule has 2 saturated heterocycles. The molecule has 3 N–H and O–H groups in total. The highest BCUT2D eigenvalue weighted by Gasteiger charge is 2.29. The van der Waals surface area contributed by atoms with Gasteiger partial charge < -0.3 is 30.3 Å². The molecule has 3 aromatic carbocycles. The van der Waals surface area contributed by atoms with E-state index in [4.69, 9.17) is 20.0 Å². The quantitative estimate of drug-likeness (QED) is 0.282. The van der Waals surface area contributed by atoms with Crippen molar-refractivity contribution >= 4 is 28.7 Å². The van der Waals surface area contributed by atoms with E-state index < -0.39 is 0 Å². The predicted molar refractivity (Wildman–Crippen MR) is 161 cm³/mol. The van der Waals surface area contributed by atoms with Crippen LogP contribution in [0.5, 0.6) is 17.2 Å². The molecule has 0 amide bonds. The number of nitrogens with two attached hydrogens (primary N) is 1. The van der Waals surface area contributed by atoms with Gasteiger partial charge in [0.05, 0.1) is 36.8 Å². The minimum absolute atomic E-state index is 0.0230. The van der Waals surface area contributed by atoms with Gasteiger partial charge in [0.25, 0.3) is 0 Å². The minimum atomic E-state index is -0.0230. The Balaban J connectivity index is 1.21. The van der Waals surface area contributed by atoms with Crippen molar-refractivity contribution in [3.8, 4) is 17.2 Å². The van der Waals surface area contributed by atoms with Crippen molar-refractivity contribution in [1.82, 2.24) is 14.9 Å². The molecule has 1 aromatic heterocycles. The number of hydroxylamine groups is 1. The van der Waals surface area contributed by atoms with Gasteiger partial charge in [-0.3, -0.25) is 4.84 Å². The topological polar surface area (TPSA) is 101 Å². The molecule has 1 atom stereocenters. The molecule has 0 spiro atoms. The SMILES string of the molecule is COc1cc(N2CCN(C)CC2)c(N)cc1Nc1cc(N2OCC[C@@H]2c2cccc(Oc3ccccc3)c2)ncn1. The van der Waals surface area contributed by atoms with Crippen LogP contribution in [-0.4, -0.2) is 61.8 Å². The van der Waals surface area contributed by atoms with Crippen LogP contribution in [0.1, 0.15) is 18.0 Å². The van der Waals surface area contributed by atoms with Gasteiger partial charge in [-0.05, 0) is 42.9 Å². The van der Waals surface area contributed by atoms with Crippen molar-refractivity contribution in [1.29, 1.82) is 0 Å². The highest BCUT2D eigenvalue weighted by molar-refractivity contribution is 5.80. The number of para-hydroxylation sites is 1. The first-order valence-corrected chi connectivity index (χ1v) is 13.8. The third-order valence-corrected chi connectivity index (χ3v) is 7.46. The molecule has 2 aliphatic heterocycles. The van der Waals surface area contributed by atoms with Crippen LogP contribution in [0.3, 0.4) is 0 Å². The summed E-state index contributed by atoms with van der Waals surface area (Å²) in [4.78, 5) is 19.6. The summed E-state index contributed by atoms with van der Waals surface area (Å²) >= 11 is 0. The van der Waals surface area contributed by atoms with E-state index >= 15 is 0 Å². The molecule has 0 saturated carbocycles. The van der Waals surface area contributed by atoms with Gasteiger partial charge in [0.1, 0.15) is 29.4 Å². The first kappa shape index (κ1) is 26.7. The first-order chi connectivity index (χ1) is 20.1. The Morgan fingerprint density at radius 3 is 2.54 bits per heavy atom. The largest absolute Gasteiger partial charge is 0.494 e. The second-order valence-corrected chi connectivity index (χ2v) is 10.2. The molecule has 10 nitrogen and oxygen atoms in total. The van der Waals surface area contributed by atoms with Gasteiger partial charge in [-0.1, -0.05) is 30.3 Å². The number of nitrogens with one attached hydrogen (secondary N) is 1. The molecular formula is C31H35N7O3. The fourth-order valence-electron chi connectivity index (χ4n) is 5.26. The van der Waals surface area contributed by atoms with E-state index in [-0.39, 0.29) is 6.04 Å². The zero-order valence-corrected chi connectivity index (χ0v) is 23.4. The zero-order valence-electron chi connectivity index (χ0n) is 23.4. The number of nitrogens with zero attached hydrogens (tertiary/aromatic N) is 5. The number of methoxy groups -OCH3 is 1. The number of benzene rings is 3. The smallest absolute Gasteiger partial charge is 0.158 e. The summed E-state index contributed by atoms with van der Waals surface area (Å²) in [7, 11) is 3.80. The Morgan fingerprint density at radius 1 is 0.927 bits per heavy atom. The average molecular weight is 554 g/mol. The van der Waals surface area contributed by atoms with E-state index in [2.05, 4.69) is 44.3 Å². The van der Waals surface area contributed by atoms with Crippen molar-refractivity contribution in [2.24, 2.45) is 0 Å². The summed E-state index contributed by atoms with van der Waals surface area (Å²) in [5, 5.41) is 5.22. The molecule has 0 aliphatic carbocycles. The highest BCUT2D eigenvalue weighted by atomic mass is 16.7. The van der Waals surface area contributed by atoms with E-state index in [1.165, 1.54) is 6.33 Å². The molecule has 0 unspecified atom stereocenters. The van der Waals surface area contributed by atoms with Crippen LogP contribution in [0.4, 0.5) is 28.7 Å². The number of ether oxygens (including phenoxy) is 2. The van der Waals surface area contributed by atoms with Gasteiger partial charge in [-0.2, -0.15) is 0 Å². The van der Waals surface area contributed by atoms with Gasteiger partial charge in [0, 0.05) is 44.7 Å². The Bertz CT molecular complexity index is 1480. The van der Waals surface area contributed by atoms with Gasteiger partial charge in [-0.15, -0.1) is 0 Å². The summed E-state index contributed by atoms with van der Waals surface area (Å²) in [5.74, 6) is 3.52. The molecule has 0 radical (unpaired) electrons. The molecule has 2 fully saturated rings. The van der Waals surface area contributed by atoms with Crippen LogP contribution in [0, 0.1) is 0 Å². The fourth-order valence-corrected chi connectivity index (χ4v) is 5.26. The number of aromatic nitrogens is 2. The Kier molecular flexibility index (Phi) is 7.75. The number of rotatable bonds is 8. The molecule has 10 heteroatoms. The van der Waals surface area contributed by atoms with Crippen molar-refractivity contribution in [2.45, 2.75) is 12.5 Å². The summed E-state index contributed by atoms with van der Waals surface area (Å²) < 4.78 is 11.8. The number of nitrogen functional groups attached to an aromatic ring is 1. The van der Waals surface area contributed by atoms with Gasteiger partial charge in [0.2, 0.25) is 0 Å². The predicted octanol–water partition coefficient (Wildman–Crippen LogP) is 5.24. The Labute approximate surface area is 240 Å². The lowest BCUT2D eigenvalue weighted by atomic mass is 10.0. The number of anilines is 5. The van der Waals surface area contributed by atoms with Crippen molar-refractivity contribution in [3.05, 3.63) is 84.7 Å². The van der Waals surface area contributed by atoms with Gasteiger partial charge in [-0.25, -0.2) is 15.0 Å². The zero-order chi connectivity index (χ0) is 28.2. The molecule has 212 valence electrons. The lowest BCUT2D eigenvalue weighted by Gasteiger charge is -2.35. The van der Waals surface area contributed by atoms with Crippen LogP contribution >= 0.6 is 0 Å². The van der Waals surface area contributed by atoms with E-state index in [1.54, 1.807) is 7.11 Å². The van der Waals surface area contributed by atoms with Gasteiger partial charge in [0.15, 0.2) is 5.82 Å². The van der Waals surface area contributed by atoms with Crippen LogP contribution in [0.15, 0.2) is 79.1 Å². The number of likely N-dealkylation sites (N-methyl/N-ethyl adjacent to an activating group) is 1. The van der Waals surface area contributed by atoms with Crippen LogP contribution < -0.4 is 30.5 Å². The number of piperazine rings is 1. The van der Waals surface area contributed by atoms with E-state index in [1.807, 2.05) is 65.7 Å². The second kappa shape index (κ2) is 11.9. The highest BCUT2D eigenvalue weighted by Crippen LogP contribution is 2.39. The summed E-state index contributed by atoms with van der Waals surface area (Å²) in [5.41, 5.74) is 10.00. The Hall–Kier alpha value is -4.54. The van der Waals surface area contributed by atoms with Crippen LogP contribution in [0.25, 0.3) is 0 Å². The monoisotopic (exact) mass is 553 g/mol. The third kappa shape index (κ3) is 5.98. The maximum Gasteiger partial charge on any atom is 0.158 e. The van der Waals surface area contributed by atoms with Crippen molar-refractivity contribution in [3.63, 3.8) is 0 Å². The standard InChI is InChI=1S/C31H35N7O3/c1-36-12-14-37(15-13-36)28-19-29(39-2)26(18-25(28)32)35-30-20-31(34-21-33-30)38-27(11-16-40-38)22-7-6-10-24(17-22)41-23-8-4-3-5-9-23/h3-10,17-21,27H,11-16,32H2,1-2H3,(H,33,34,35)/t27-/m1/s1. The summed E-state index contributed by atoms with van der Waals surface area (Å²) in [6.07, 6.45) is 2.35. The second-order valence-electron chi connectivity index (χ2n) is 10.2. The number of hydrogen-bond donors (Lipinski definition) is 2. The van der Waals surface area contributed by atoms with Crippen molar-refractivity contribution in [2.75, 3.05) is 68.0 Å². The van der Waals surface area contributed by atoms with E-state index in [0.29, 0.717) is 29.7 Å². The van der Waals surface area contributed by atoms with Crippen molar-refractivity contribution < 1.29 is 14.3 Å². The maximum absolute atomic E-state index is 6.51. The lowest BCUT2D eigenvalue weighted by Crippen LogP contribution is -2.44. The molecule has 41 heavy (non-hydrogen) atoms. The first-order valence-electron chi connectivity index (χ1n) is 13.8. The summed E-state index contributed by atoms with van der Waals surface area (Å²) in [6, 6.07) is 23.6. The lowest BCUT2D eigenvalue weighted by molar-refractivity contribution is 0.157. The molecule has 3 heterocycles. The summed E-state index contributed by atoms with van der Waals surface area (Å²) in [6.45, 7) is 4.42. The molecule has 6 rings (SSSR count). The number of hydrogen-bond acceptors (Lipinski definition) is 10. The molecule has 0 bridgehead atoms. The normalized spacial score (nSPS) is 17.5. The van der Waals surface area contributed by atoms with Crippen LogP contribution in [-0.2, 0) is 4.84 Å².